The predicted molar refractivity (Wildman–Crippen MR) is 42.2 cm³/mol. The Morgan fingerprint density at radius 1 is 1.62 bits per heavy atom. The number of nitrogens with zero attached hydrogens (tertiary/aromatic N) is 1. The first kappa shape index (κ1) is 9.11. The first-order chi connectivity index (χ1) is 6.09. The molecule has 5 nitrogen and oxygen atoms in total. The smallest absolute Gasteiger partial charge is 0.410 e. The second-order valence-corrected chi connectivity index (χ2v) is 2.17. The summed E-state index contributed by atoms with van der Waals surface area (Å²) >= 11 is 0. The number of amides is 1. The summed E-state index contributed by atoms with van der Waals surface area (Å²) in [7, 11) is 0. The van der Waals surface area contributed by atoms with Gasteiger partial charge in [0.25, 0.3) is 0 Å². The fraction of sp³-hybridized carbons (Fsp3) is 0. The molecule has 0 fully saturated rings. The number of rotatable bonds is 1. The lowest BCUT2D eigenvalue weighted by Gasteiger charge is -2.00. The van der Waals surface area contributed by atoms with Gasteiger partial charge in [0.1, 0.15) is 11.5 Å². The van der Waals surface area contributed by atoms with E-state index < -0.39 is 11.9 Å². The Kier molecular flexibility index (Phi) is 2.53. The highest BCUT2D eigenvalue weighted by Gasteiger charge is 2.05. The van der Waals surface area contributed by atoms with Crippen molar-refractivity contribution in [3.63, 3.8) is 0 Å². The largest absolute Gasteiger partial charge is 0.465 e. The molecular formula is C7H6FN3O2. The molecule has 1 rings (SSSR count). The highest BCUT2D eigenvalue weighted by molar-refractivity contribution is 6.02. The van der Waals surface area contributed by atoms with E-state index in [1.54, 1.807) is 5.32 Å². The van der Waals surface area contributed by atoms with Crippen LogP contribution >= 0.6 is 0 Å². The topological polar surface area (TPSA) is 86.1 Å². The maximum absolute atomic E-state index is 12.3. The third-order valence-electron chi connectivity index (χ3n) is 1.22. The molecular weight excluding hydrogens is 177 g/mol. The lowest BCUT2D eigenvalue weighted by molar-refractivity contribution is 0.200. The molecule has 3 N–H and O–H groups in total. The van der Waals surface area contributed by atoms with E-state index in [-0.39, 0.29) is 11.5 Å². The van der Waals surface area contributed by atoms with Gasteiger partial charge in [-0.2, -0.15) is 0 Å². The molecule has 0 aromatic carbocycles. The maximum Gasteiger partial charge on any atom is 0.410 e. The fourth-order valence-corrected chi connectivity index (χ4v) is 0.695. The van der Waals surface area contributed by atoms with Crippen molar-refractivity contribution in [2.45, 2.75) is 0 Å². The molecule has 1 amide bonds. The summed E-state index contributed by atoms with van der Waals surface area (Å²) in [6, 6.07) is 2.31. The second kappa shape index (κ2) is 3.61. The van der Waals surface area contributed by atoms with Crippen LogP contribution in [0.2, 0.25) is 0 Å². The molecule has 0 saturated carbocycles. The van der Waals surface area contributed by atoms with Crippen LogP contribution in [0, 0.1) is 11.2 Å². The van der Waals surface area contributed by atoms with Gasteiger partial charge in [-0.3, -0.25) is 10.7 Å². The van der Waals surface area contributed by atoms with Crippen LogP contribution in [0.15, 0.2) is 18.3 Å². The van der Waals surface area contributed by atoms with E-state index in [0.29, 0.717) is 0 Å². The van der Waals surface area contributed by atoms with E-state index in [1.807, 2.05) is 0 Å². The average Bonchev–Trinajstić information content (AvgIpc) is 2.04. The van der Waals surface area contributed by atoms with E-state index in [4.69, 9.17) is 10.5 Å². The second-order valence-electron chi connectivity index (χ2n) is 2.17. The minimum atomic E-state index is -1.35. The molecule has 68 valence electrons. The molecule has 0 saturated heterocycles. The summed E-state index contributed by atoms with van der Waals surface area (Å²) in [5, 5.41) is 17.2. The van der Waals surface area contributed by atoms with Gasteiger partial charge < -0.3 is 5.11 Å². The van der Waals surface area contributed by atoms with Gasteiger partial charge in [0.15, 0.2) is 5.84 Å². The van der Waals surface area contributed by atoms with E-state index in [2.05, 4.69) is 4.98 Å². The van der Waals surface area contributed by atoms with Gasteiger partial charge in [-0.05, 0) is 12.1 Å². The van der Waals surface area contributed by atoms with Gasteiger partial charge in [0, 0.05) is 0 Å². The van der Waals surface area contributed by atoms with Crippen molar-refractivity contribution >= 4 is 11.9 Å². The molecule has 0 radical (unpaired) electrons. The summed E-state index contributed by atoms with van der Waals surface area (Å²) in [5.74, 6) is -0.917. The lowest BCUT2D eigenvalue weighted by Crippen LogP contribution is -2.29. The van der Waals surface area contributed by atoms with Crippen LogP contribution in [0.4, 0.5) is 9.18 Å². The van der Waals surface area contributed by atoms with E-state index in [9.17, 15) is 9.18 Å². The van der Waals surface area contributed by atoms with Crippen LogP contribution in [0.3, 0.4) is 0 Å². The molecule has 1 aromatic rings. The van der Waals surface area contributed by atoms with Gasteiger partial charge in [-0.1, -0.05) is 0 Å². The van der Waals surface area contributed by atoms with Crippen molar-refractivity contribution in [1.82, 2.24) is 10.3 Å². The summed E-state index contributed by atoms with van der Waals surface area (Å²) in [6.45, 7) is 0. The normalized spacial score (nSPS) is 9.31. The molecule has 13 heavy (non-hydrogen) atoms. The van der Waals surface area contributed by atoms with Gasteiger partial charge in [0.05, 0.1) is 6.20 Å². The average molecular weight is 183 g/mol. The van der Waals surface area contributed by atoms with Crippen LogP contribution in [-0.2, 0) is 0 Å². The van der Waals surface area contributed by atoms with Crippen LogP contribution in [0.5, 0.6) is 0 Å². The standard InChI is InChI=1S/C7H6FN3O2/c8-4-1-2-5(10-3-4)6(9)11-7(12)13/h1-3H,(H2,9,11)(H,12,13). The summed E-state index contributed by atoms with van der Waals surface area (Å²) in [4.78, 5) is 13.6. The molecule has 0 aliphatic carbocycles. The molecule has 1 aromatic heterocycles. The molecule has 0 spiro atoms. The van der Waals surface area contributed by atoms with E-state index >= 15 is 0 Å². The number of aromatic nitrogens is 1. The Morgan fingerprint density at radius 3 is 2.77 bits per heavy atom. The Morgan fingerprint density at radius 2 is 2.31 bits per heavy atom. The molecule has 0 aliphatic heterocycles. The fourth-order valence-electron chi connectivity index (χ4n) is 0.695. The van der Waals surface area contributed by atoms with E-state index in [1.165, 1.54) is 6.07 Å². The molecule has 1 heterocycles. The number of pyridine rings is 1. The number of hydrogen-bond acceptors (Lipinski definition) is 3. The zero-order valence-electron chi connectivity index (χ0n) is 6.41. The molecule has 0 unspecified atom stereocenters. The van der Waals surface area contributed by atoms with Crippen molar-refractivity contribution in [1.29, 1.82) is 5.41 Å². The zero-order chi connectivity index (χ0) is 9.84. The Balaban J connectivity index is 2.78. The third kappa shape index (κ3) is 2.51. The van der Waals surface area contributed by atoms with Gasteiger partial charge in [-0.25, -0.2) is 14.2 Å². The maximum atomic E-state index is 12.3. The highest BCUT2D eigenvalue weighted by atomic mass is 19.1. The van der Waals surface area contributed by atoms with E-state index in [0.717, 1.165) is 12.3 Å². The first-order valence-corrected chi connectivity index (χ1v) is 3.30. The minimum Gasteiger partial charge on any atom is -0.465 e. The zero-order valence-corrected chi connectivity index (χ0v) is 6.41. The van der Waals surface area contributed by atoms with Crippen LogP contribution in [0.25, 0.3) is 0 Å². The summed E-state index contributed by atoms with van der Waals surface area (Å²) < 4.78 is 12.3. The van der Waals surface area contributed by atoms with Crippen LogP contribution in [0.1, 0.15) is 5.69 Å². The van der Waals surface area contributed by atoms with Crippen molar-refractivity contribution in [3.05, 3.63) is 29.8 Å². The Bertz CT molecular complexity index is 336. The first-order valence-electron chi connectivity index (χ1n) is 3.30. The van der Waals surface area contributed by atoms with Gasteiger partial charge >= 0.3 is 6.09 Å². The lowest BCUT2D eigenvalue weighted by atomic mass is 10.3. The number of carbonyl (C=O) groups is 1. The highest BCUT2D eigenvalue weighted by Crippen LogP contribution is 1.97. The van der Waals surface area contributed by atoms with Crippen molar-refractivity contribution < 1.29 is 14.3 Å². The van der Waals surface area contributed by atoms with Crippen molar-refractivity contribution in [3.8, 4) is 0 Å². The number of nitrogens with one attached hydrogen (secondary N) is 2. The molecule has 0 bridgehead atoms. The quantitative estimate of drug-likeness (QED) is 0.445. The Hall–Kier alpha value is -1.98. The number of halogens is 1. The number of amidine groups is 1. The number of carboxylic acid groups (broad SMARTS) is 1. The van der Waals surface area contributed by atoms with Gasteiger partial charge in [0.2, 0.25) is 0 Å². The van der Waals surface area contributed by atoms with Crippen LogP contribution < -0.4 is 5.32 Å². The van der Waals surface area contributed by atoms with Crippen molar-refractivity contribution in [2.24, 2.45) is 0 Å². The minimum absolute atomic E-state index is 0.0730. The molecule has 0 atom stereocenters. The Labute approximate surface area is 72.7 Å². The van der Waals surface area contributed by atoms with Gasteiger partial charge in [-0.15, -0.1) is 0 Å². The number of hydrogen-bond donors (Lipinski definition) is 3. The molecule has 0 aliphatic rings. The summed E-state index contributed by atoms with van der Waals surface area (Å²) in [6.07, 6.45) is -0.441. The van der Waals surface area contributed by atoms with Crippen molar-refractivity contribution in [2.75, 3.05) is 0 Å². The predicted octanol–water partition coefficient (Wildman–Crippen LogP) is 0.814. The molecule has 6 heteroatoms. The summed E-state index contributed by atoms with van der Waals surface area (Å²) in [5.41, 5.74) is 0.0730. The third-order valence-corrected chi connectivity index (χ3v) is 1.22. The SMILES string of the molecule is N=C(NC(=O)O)c1ccc(F)cn1. The monoisotopic (exact) mass is 183 g/mol. The van der Waals surface area contributed by atoms with Crippen LogP contribution in [-0.4, -0.2) is 22.0 Å².